The Kier molecular flexibility index (Phi) is 6.56. The fourth-order valence-corrected chi connectivity index (χ4v) is 8.79. The van der Waals surface area contributed by atoms with Crippen LogP contribution < -0.4 is 0 Å². The predicted octanol–water partition coefficient (Wildman–Crippen LogP) is 13.3. The van der Waals surface area contributed by atoms with Crippen molar-refractivity contribution in [3.63, 3.8) is 0 Å². The largest absolute Gasteiger partial charge is 0.455 e. The van der Waals surface area contributed by atoms with Crippen LogP contribution in [0.4, 0.5) is 0 Å². The van der Waals surface area contributed by atoms with Gasteiger partial charge in [-0.25, -0.2) is 4.98 Å². The van der Waals surface area contributed by atoms with Gasteiger partial charge in [-0.15, -0.1) is 0 Å². The van der Waals surface area contributed by atoms with Crippen molar-refractivity contribution < 1.29 is 4.42 Å². The highest BCUT2D eigenvalue weighted by Gasteiger charge is 2.27. The molecule has 0 fully saturated rings. The van der Waals surface area contributed by atoms with E-state index in [1.165, 1.54) is 21.9 Å². The van der Waals surface area contributed by atoms with E-state index < -0.39 is 0 Å². The van der Waals surface area contributed by atoms with Crippen LogP contribution >= 0.6 is 0 Å². The molecule has 0 saturated heterocycles. The van der Waals surface area contributed by atoms with Gasteiger partial charge in [0.05, 0.1) is 27.8 Å². The molecule has 4 heterocycles. The standard InChI is InChI=1S/C51H32N4O/c1-4-15-33(16-5-1)34-27-30-45-46(32-34)55-49(35-28-29-44-42(31-35)38-21-10-12-25-43(38)53(44)36-17-6-2-7-18-36)48(52-51(55)54(45)37-19-8-3-9-20-37)41-24-14-23-40-39-22-11-13-26-47(39)56-50(40)41/h1-32H. The Labute approximate surface area is 321 Å². The van der Waals surface area contributed by atoms with Gasteiger partial charge in [0.15, 0.2) is 0 Å². The smallest absolute Gasteiger partial charge is 0.220 e. The zero-order chi connectivity index (χ0) is 36.7. The summed E-state index contributed by atoms with van der Waals surface area (Å²) < 4.78 is 13.7. The maximum Gasteiger partial charge on any atom is 0.220 e. The van der Waals surface area contributed by atoms with Crippen LogP contribution in [-0.4, -0.2) is 18.5 Å². The van der Waals surface area contributed by atoms with E-state index in [1.807, 2.05) is 12.1 Å². The van der Waals surface area contributed by atoms with Crippen molar-refractivity contribution in [3.05, 3.63) is 194 Å². The number of imidazole rings is 2. The molecule has 12 rings (SSSR count). The van der Waals surface area contributed by atoms with E-state index in [-0.39, 0.29) is 0 Å². The third kappa shape index (κ3) is 4.46. The Balaban J connectivity index is 1.23. The van der Waals surface area contributed by atoms with Crippen molar-refractivity contribution in [3.8, 4) is 45.0 Å². The molecular formula is C51H32N4O. The molecule has 262 valence electrons. The normalized spacial score (nSPS) is 11.9. The summed E-state index contributed by atoms with van der Waals surface area (Å²) in [5, 5.41) is 4.55. The third-order valence-corrected chi connectivity index (χ3v) is 11.3. The minimum Gasteiger partial charge on any atom is -0.455 e. The van der Waals surface area contributed by atoms with Gasteiger partial charge in [-0.2, -0.15) is 0 Å². The monoisotopic (exact) mass is 716 g/mol. The fraction of sp³-hybridized carbons (Fsp3) is 0. The number of rotatable bonds is 5. The lowest BCUT2D eigenvalue weighted by atomic mass is 10.0. The minimum atomic E-state index is 0.831. The van der Waals surface area contributed by atoms with Crippen LogP contribution in [0.15, 0.2) is 199 Å². The number of furan rings is 1. The van der Waals surface area contributed by atoms with Crippen molar-refractivity contribution in [1.29, 1.82) is 0 Å². The van der Waals surface area contributed by atoms with E-state index in [2.05, 4.69) is 196 Å². The quantitative estimate of drug-likeness (QED) is 0.178. The second-order valence-corrected chi connectivity index (χ2v) is 14.4. The average molecular weight is 717 g/mol. The highest BCUT2D eigenvalue weighted by atomic mass is 16.3. The Morgan fingerprint density at radius 3 is 1.82 bits per heavy atom. The first-order chi connectivity index (χ1) is 27.8. The number of fused-ring (bicyclic) bond motifs is 9. The Morgan fingerprint density at radius 2 is 1.02 bits per heavy atom. The second-order valence-electron chi connectivity index (χ2n) is 14.4. The summed E-state index contributed by atoms with van der Waals surface area (Å²) in [7, 11) is 0. The van der Waals surface area contributed by atoms with Crippen molar-refractivity contribution >= 4 is 60.6 Å². The van der Waals surface area contributed by atoms with Gasteiger partial charge in [-0.3, -0.25) is 8.97 Å². The molecule has 0 aliphatic carbocycles. The molecule has 5 nitrogen and oxygen atoms in total. The van der Waals surface area contributed by atoms with E-state index >= 15 is 0 Å². The summed E-state index contributed by atoms with van der Waals surface area (Å²) in [5.74, 6) is 0.835. The molecule has 8 aromatic carbocycles. The first kappa shape index (κ1) is 30.8. The van der Waals surface area contributed by atoms with Gasteiger partial charge in [-0.1, -0.05) is 127 Å². The molecule has 0 unspecified atom stereocenters. The molecular weight excluding hydrogens is 685 g/mol. The van der Waals surface area contributed by atoms with E-state index in [0.717, 1.165) is 83.7 Å². The van der Waals surface area contributed by atoms with Gasteiger partial charge < -0.3 is 8.98 Å². The van der Waals surface area contributed by atoms with Crippen LogP contribution in [0.2, 0.25) is 0 Å². The number of hydrogen-bond donors (Lipinski definition) is 0. The minimum absolute atomic E-state index is 0.831. The molecule has 12 aromatic rings. The number of aromatic nitrogens is 4. The molecule has 0 aliphatic rings. The van der Waals surface area contributed by atoms with Gasteiger partial charge >= 0.3 is 0 Å². The second kappa shape index (κ2) is 11.9. The maximum absolute atomic E-state index is 6.70. The third-order valence-electron chi connectivity index (χ3n) is 11.3. The van der Waals surface area contributed by atoms with Crippen molar-refractivity contribution in [2.45, 2.75) is 0 Å². The average Bonchev–Trinajstić information content (AvgIpc) is 4.01. The molecule has 5 heteroatoms. The highest BCUT2D eigenvalue weighted by Crippen LogP contribution is 2.44. The Bertz CT molecular complexity index is 3460. The fourth-order valence-electron chi connectivity index (χ4n) is 8.79. The molecule has 0 radical (unpaired) electrons. The van der Waals surface area contributed by atoms with Crippen molar-refractivity contribution in [2.75, 3.05) is 0 Å². The zero-order valence-electron chi connectivity index (χ0n) is 30.2. The van der Waals surface area contributed by atoms with Gasteiger partial charge in [0, 0.05) is 44.0 Å². The zero-order valence-corrected chi connectivity index (χ0v) is 30.2. The van der Waals surface area contributed by atoms with Crippen molar-refractivity contribution in [1.82, 2.24) is 18.5 Å². The van der Waals surface area contributed by atoms with Gasteiger partial charge in [-0.05, 0) is 77.9 Å². The topological polar surface area (TPSA) is 40.3 Å². The van der Waals surface area contributed by atoms with Gasteiger partial charge in [0.25, 0.3) is 0 Å². The van der Waals surface area contributed by atoms with Crippen LogP contribution in [-0.2, 0) is 0 Å². The van der Waals surface area contributed by atoms with E-state index in [0.29, 0.717) is 0 Å². The van der Waals surface area contributed by atoms with Crippen LogP contribution in [0.25, 0.3) is 106 Å². The summed E-state index contributed by atoms with van der Waals surface area (Å²) in [6, 6.07) is 68.8. The van der Waals surface area contributed by atoms with E-state index in [1.54, 1.807) is 0 Å². The first-order valence-electron chi connectivity index (χ1n) is 19.0. The lowest BCUT2D eigenvalue weighted by molar-refractivity contribution is 0.670. The summed E-state index contributed by atoms with van der Waals surface area (Å²) in [4.78, 5) is 5.65. The molecule has 0 aliphatic heterocycles. The molecule has 4 aromatic heterocycles. The van der Waals surface area contributed by atoms with Gasteiger partial charge in [0.1, 0.15) is 16.9 Å². The molecule has 0 amide bonds. The highest BCUT2D eigenvalue weighted by molar-refractivity contribution is 6.13. The SMILES string of the molecule is c1ccc(-c2ccc3c(c2)n2c(-c4ccc5c(c4)c4ccccc4n5-c4ccccc4)c(-c4cccc5c4oc4ccccc45)nc2n3-c2ccccc2)cc1. The van der Waals surface area contributed by atoms with Crippen LogP contribution in [0.3, 0.4) is 0 Å². The van der Waals surface area contributed by atoms with Crippen LogP contribution in [0.1, 0.15) is 0 Å². The summed E-state index contributed by atoms with van der Waals surface area (Å²) >= 11 is 0. The van der Waals surface area contributed by atoms with Crippen LogP contribution in [0, 0.1) is 0 Å². The molecule has 0 atom stereocenters. The number of para-hydroxylation sites is 5. The molecule has 0 bridgehead atoms. The number of hydrogen-bond acceptors (Lipinski definition) is 2. The van der Waals surface area contributed by atoms with Gasteiger partial charge in [0.2, 0.25) is 5.78 Å². The first-order valence-corrected chi connectivity index (χ1v) is 19.0. The van der Waals surface area contributed by atoms with E-state index in [9.17, 15) is 0 Å². The predicted molar refractivity (Wildman–Crippen MR) is 230 cm³/mol. The summed E-state index contributed by atoms with van der Waals surface area (Å²) in [5.41, 5.74) is 14.6. The van der Waals surface area contributed by atoms with E-state index in [4.69, 9.17) is 9.40 Å². The Morgan fingerprint density at radius 1 is 0.393 bits per heavy atom. The summed E-state index contributed by atoms with van der Waals surface area (Å²) in [6.45, 7) is 0. The molecule has 56 heavy (non-hydrogen) atoms. The lowest BCUT2D eigenvalue weighted by Crippen LogP contribution is -1.94. The van der Waals surface area contributed by atoms with Crippen LogP contribution in [0.5, 0.6) is 0 Å². The molecule has 0 spiro atoms. The lowest BCUT2D eigenvalue weighted by Gasteiger charge is -2.10. The Hall–Kier alpha value is -7.63. The number of nitrogens with zero attached hydrogens (tertiary/aromatic N) is 4. The molecule has 0 saturated carbocycles. The van der Waals surface area contributed by atoms with Crippen molar-refractivity contribution in [2.24, 2.45) is 0 Å². The maximum atomic E-state index is 6.70. The molecule has 0 N–H and O–H groups in total. The summed E-state index contributed by atoms with van der Waals surface area (Å²) in [6.07, 6.45) is 0. The number of benzene rings is 8.